The number of benzene rings is 2. The summed E-state index contributed by atoms with van der Waals surface area (Å²) in [6, 6.07) is 18.1. The van der Waals surface area contributed by atoms with E-state index in [0.717, 1.165) is 32.3 Å². The molecule has 2 aromatic carbocycles. The number of aromatic nitrogens is 1. The minimum atomic E-state index is 0.130. The molecule has 1 aliphatic carbocycles. The molecule has 2 N–H and O–H groups in total. The number of nitrogens with two attached hydrogens (primary N) is 1. The van der Waals surface area contributed by atoms with Gasteiger partial charge in [-0.25, -0.2) is 4.98 Å². The van der Waals surface area contributed by atoms with Crippen LogP contribution in [0, 0.1) is 29.6 Å². The molecule has 0 spiro atoms. The Balaban J connectivity index is 1.79. The maximum absolute atomic E-state index is 9.77. The molecular formula is C27H21BrN4O2. The average molecular weight is 513 g/mol. The topological polar surface area (TPSA) is 105 Å². The van der Waals surface area contributed by atoms with Crippen molar-refractivity contribution >= 4 is 39.0 Å². The van der Waals surface area contributed by atoms with Crippen LogP contribution in [0.3, 0.4) is 0 Å². The Hall–Kier alpha value is -4.07. The zero-order valence-corrected chi connectivity index (χ0v) is 20.5. The summed E-state index contributed by atoms with van der Waals surface area (Å²) in [5, 5.41) is 19.3. The van der Waals surface area contributed by atoms with E-state index in [4.69, 9.17) is 15.2 Å². The second-order valence-corrected chi connectivity index (χ2v) is 8.66. The molecule has 34 heavy (non-hydrogen) atoms. The number of methoxy groups -OCH3 is 1. The van der Waals surface area contributed by atoms with Gasteiger partial charge in [-0.15, -0.1) is 0 Å². The van der Waals surface area contributed by atoms with Gasteiger partial charge in [-0.3, -0.25) is 0 Å². The van der Waals surface area contributed by atoms with Crippen LogP contribution in [0.25, 0.3) is 17.2 Å². The molecule has 0 bridgehead atoms. The van der Waals surface area contributed by atoms with Crippen molar-refractivity contribution in [1.29, 1.82) is 10.5 Å². The number of nitriles is 2. The lowest BCUT2D eigenvalue weighted by atomic mass is 9.95. The molecule has 7 heteroatoms. The van der Waals surface area contributed by atoms with Crippen LogP contribution < -0.4 is 15.2 Å². The molecule has 1 heterocycles. The Morgan fingerprint density at radius 1 is 1.12 bits per heavy atom. The number of rotatable bonds is 5. The first-order chi connectivity index (χ1) is 16.4. The maximum Gasteiger partial charge on any atom is 0.175 e. The molecule has 0 radical (unpaired) electrons. The van der Waals surface area contributed by atoms with Gasteiger partial charge in [0.2, 0.25) is 0 Å². The first-order valence-electron chi connectivity index (χ1n) is 10.5. The Bertz CT molecular complexity index is 1440. The molecule has 3 aromatic rings. The van der Waals surface area contributed by atoms with E-state index in [1.807, 2.05) is 62.4 Å². The number of nitrogens with zero attached hydrogens (tertiary/aromatic N) is 3. The fourth-order valence-electron chi connectivity index (χ4n) is 4.06. The maximum atomic E-state index is 9.77. The van der Waals surface area contributed by atoms with Crippen molar-refractivity contribution in [3.05, 3.63) is 86.0 Å². The van der Waals surface area contributed by atoms with Gasteiger partial charge in [0.05, 0.1) is 28.4 Å². The van der Waals surface area contributed by atoms with E-state index < -0.39 is 0 Å². The Morgan fingerprint density at radius 2 is 1.85 bits per heavy atom. The number of hydrogen-bond donors (Lipinski definition) is 1. The van der Waals surface area contributed by atoms with E-state index in [9.17, 15) is 10.5 Å². The number of allylic oxidation sites excluding steroid dienone is 3. The summed E-state index contributed by atoms with van der Waals surface area (Å²) < 4.78 is 12.4. The molecule has 6 nitrogen and oxygen atoms in total. The van der Waals surface area contributed by atoms with Gasteiger partial charge in [0.15, 0.2) is 11.5 Å². The lowest BCUT2D eigenvalue weighted by Crippen LogP contribution is -2.03. The fourth-order valence-corrected chi connectivity index (χ4v) is 4.63. The SMILES string of the molecule is COc1cc(/C=C2/C(C)=C(C#N)c3nc(N)c(C#N)c(C)c32)cc(Br)c1OCc1ccccc1. The van der Waals surface area contributed by atoms with Crippen LogP contribution in [0.4, 0.5) is 5.82 Å². The molecule has 1 aromatic heterocycles. The van der Waals surface area contributed by atoms with Gasteiger partial charge in [-0.05, 0) is 75.8 Å². The summed E-state index contributed by atoms with van der Waals surface area (Å²) in [7, 11) is 1.59. The largest absolute Gasteiger partial charge is 0.493 e. The molecule has 4 rings (SSSR count). The van der Waals surface area contributed by atoms with Crippen molar-refractivity contribution in [2.75, 3.05) is 12.8 Å². The van der Waals surface area contributed by atoms with Gasteiger partial charge < -0.3 is 15.2 Å². The van der Waals surface area contributed by atoms with Gasteiger partial charge in [-0.1, -0.05) is 30.3 Å². The monoisotopic (exact) mass is 512 g/mol. The molecule has 0 unspecified atom stereocenters. The Kier molecular flexibility index (Phi) is 6.40. The normalized spacial score (nSPS) is 13.4. The van der Waals surface area contributed by atoms with E-state index in [-0.39, 0.29) is 5.82 Å². The predicted octanol–water partition coefficient (Wildman–Crippen LogP) is 6.05. The highest BCUT2D eigenvalue weighted by Gasteiger charge is 2.29. The zero-order chi connectivity index (χ0) is 24.4. The van der Waals surface area contributed by atoms with Crippen LogP contribution in [-0.2, 0) is 6.61 Å². The van der Waals surface area contributed by atoms with Crippen molar-refractivity contribution in [1.82, 2.24) is 4.98 Å². The van der Waals surface area contributed by atoms with Gasteiger partial charge in [0.1, 0.15) is 24.6 Å². The van der Waals surface area contributed by atoms with Crippen LogP contribution in [0.1, 0.15) is 40.4 Å². The first kappa shape index (κ1) is 23.1. The smallest absolute Gasteiger partial charge is 0.175 e. The lowest BCUT2D eigenvalue weighted by molar-refractivity contribution is 0.282. The summed E-state index contributed by atoms with van der Waals surface area (Å²) in [5.74, 6) is 1.30. The average Bonchev–Trinajstić information content (AvgIpc) is 3.09. The molecule has 0 aliphatic heterocycles. The first-order valence-corrected chi connectivity index (χ1v) is 11.3. The number of ether oxygens (including phenoxy) is 2. The number of fused-ring (bicyclic) bond motifs is 1. The zero-order valence-electron chi connectivity index (χ0n) is 18.9. The second kappa shape index (κ2) is 9.43. The van der Waals surface area contributed by atoms with E-state index in [1.165, 1.54) is 0 Å². The van der Waals surface area contributed by atoms with E-state index >= 15 is 0 Å². The van der Waals surface area contributed by atoms with Crippen molar-refractivity contribution in [3.63, 3.8) is 0 Å². The second-order valence-electron chi connectivity index (χ2n) is 7.81. The minimum absolute atomic E-state index is 0.130. The number of nitrogen functional groups attached to an aromatic ring is 1. The molecule has 1 aliphatic rings. The van der Waals surface area contributed by atoms with Gasteiger partial charge in [-0.2, -0.15) is 10.5 Å². The number of anilines is 1. The van der Waals surface area contributed by atoms with Crippen molar-refractivity contribution in [2.45, 2.75) is 20.5 Å². The van der Waals surface area contributed by atoms with Crippen LogP contribution >= 0.6 is 15.9 Å². The number of pyridine rings is 1. The summed E-state index contributed by atoms with van der Waals surface area (Å²) >= 11 is 3.61. The highest BCUT2D eigenvalue weighted by Crippen LogP contribution is 2.45. The van der Waals surface area contributed by atoms with Crippen LogP contribution in [-0.4, -0.2) is 12.1 Å². The third-order valence-electron chi connectivity index (χ3n) is 5.77. The molecule has 0 saturated carbocycles. The quantitative estimate of drug-likeness (QED) is 0.446. The van der Waals surface area contributed by atoms with Crippen molar-refractivity contribution in [3.8, 4) is 23.6 Å². The van der Waals surface area contributed by atoms with Gasteiger partial charge in [0.25, 0.3) is 0 Å². The molecule has 0 saturated heterocycles. The molecule has 168 valence electrons. The molecular weight excluding hydrogens is 492 g/mol. The Labute approximate surface area is 206 Å². The third kappa shape index (κ3) is 4.03. The summed E-state index contributed by atoms with van der Waals surface area (Å²) in [6.07, 6.45) is 1.96. The molecule has 0 atom stereocenters. The van der Waals surface area contributed by atoms with E-state index in [2.05, 4.69) is 33.1 Å². The standard InChI is InChI=1S/C27H21BrN4O2/c1-15-19(24-16(2)21(13-30)27(31)32-25(24)20(15)12-29)9-18-10-22(28)26(23(11-18)33-3)34-14-17-7-5-4-6-8-17/h4-11H,14H2,1-3H3,(H2,31,32)/b19-9-. The summed E-state index contributed by atoms with van der Waals surface area (Å²) in [5.41, 5.74) is 12.2. The minimum Gasteiger partial charge on any atom is -0.493 e. The predicted molar refractivity (Wildman–Crippen MR) is 136 cm³/mol. The fraction of sp³-hybridized carbons (Fsp3) is 0.148. The summed E-state index contributed by atoms with van der Waals surface area (Å²) in [6.45, 7) is 4.10. The van der Waals surface area contributed by atoms with Crippen molar-refractivity contribution < 1.29 is 9.47 Å². The van der Waals surface area contributed by atoms with Gasteiger partial charge >= 0.3 is 0 Å². The van der Waals surface area contributed by atoms with Crippen molar-refractivity contribution in [2.24, 2.45) is 0 Å². The van der Waals surface area contributed by atoms with E-state index in [1.54, 1.807) is 7.11 Å². The third-order valence-corrected chi connectivity index (χ3v) is 6.36. The Morgan fingerprint density at radius 3 is 2.50 bits per heavy atom. The van der Waals surface area contributed by atoms with E-state index in [0.29, 0.717) is 40.5 Å². The molecule has 0 amide bonds. The van der Waals surface area contributed by atoms with Gasteiger partial charge in [0, 0.05) is 5.56 Å². The highest BCUT2D eigenvalue weighted by atomic mass is 79.9. The van der Waals surface area contributed by atoms with Crippen LogP contribution in [0.5, 0.6) is 11.5 Å². The lowest BCUT2D eigenvalue weighted by Gasteiger charge is -2.15. The van der Waals surface area contributed by atoms with Crippen LogP contribution in [0.15, 0.2) is 52.5 Å². The number of hydrogen-bond acceptors (Lipinski definition) is 6. The number of halogens is 1. The summed E-state index contributed by atoms with van der Waals surface area (Å²) in [4.78, 5) is 4.38. The highest BCUT2D eigenvalue weighted by molar-refractivity contribution is 9.10. The van der Waals surface area contributed by atoms with Crippen LogP contribution in [0.2, 0.25) is 0 Å². The molecule has 0 fully saturated rings.